The summed E-state index contributed by atoms with van der Waals surface area (Å²) in [6.45, 7) is 8.76. The monoisotopic (exact) mass is 277 g/mol. The smallest absolute Gasteiger partial charge is 0.307 e. The lowest BCUT2D eigenvalue weighted by molar-refractivity contribution is -0.142. The van der Waals surface area contributed by atoms with Crippen LogP contribution in [0.25, 0.3) is 0 Å². The summed E-state index contributed by atoms with van der Waals surface area (Å²) in [5.74, 6) is -0.826. The highest BCUT2D eigenvalue weighted by atomic mass is 16.4. The van der Waals surface area contributed by atoms with Crippen LogP contribution in [-0.2, 0) is 11.2 Å². The van der Waals surface area contributed by atoms with E-state index >= 15 is 0 Å². The molecule has 0 fully saturated rings. The molecule has 20 heavy (non-hydrogen) atoms. The Morgan fingerprint density at radius 3 is 2.35 bits per heavy atom. The quantitative estimate of drug-likeness (QED) is 0.804. The first-order chi connectivity index (χ1) is 9.40. The van der Waals surface area contributed by atoms with Crippen LogP contribution in [0, 0.1) is 32.6 Å². The number of benzene rings is 1. The molecule has 0 saturated heterocycles. The zero-order chi connectivity index (χ0) is 15.3. The van der Waals surface area contributed by atoms with Gasteiger partial charge in [0.15, 0.2) is 0 Å². The molecule has 0 aliphatic rings. The number of hydrogen-bond acceptors (Lipinski definition) is 2. The molecule has 0 saturated carbocycles. The summed E-state index contributed by atoms with van der Waals surface area (Å²) in [5.41, 5.74) is 10.9. The number of nitrogens with two attached hydrogens (primary N) is 1. The van der Waals surface area contributed by atoms with E-state index in [0.717, 1.165) is 12.8 Å². The molecule has 0 aliphatic carbocycles. The fraction of sp³-hybridized carbons (Fsp3) is 0.588. The lowest BCUT2D eigenvalue weighted by Gasteiger charge is -2.21. The number of carbonyl (C=O) groups is 1. The van der Waals surface area contributed by atoms with Crippen molar-refractivity contribution >= 4 is 5.97 Å². The van der Waals surface area contributed by atoms with E-state index in [1.165, 1.54) is 22.3 Å². The Morgan fingerprint density at radius 2 is 1.85 bits per heavy atom. The highest BCUT2D eigenvalue weighted by Gasteiger charge is 2.21. The number of carboxylic acid groups (broad SMARTS) is 1. The van der Waals surface area contributed by atoms with Gasteiger partial charge in [-0.25, -0.2) is 0 Å². The average molecular weight is 277 g/mol. The van der Waals surface area contributed by atoms with Crippen LogP contribution in [0.3, 0.4) is 0 Å². The molecule has 2 atom stereocenters. The predicted octanol–water partition coefficient (Wildman–Crippen LogP) is 3.23. The molecule has 3 heteroatoms. The Morgan fingerprint density at radius 1 is 1.25 bits per heavy atom. The van der Waals surface area contributed by atoms with E-state index in [0.29, 0.717) is 12.3 Å². The number of rotatable bonds is 7. The standard InChI is InChI=1S/C17H27NO2/c1-5-14(8-15(10-18)17(19)20)9-16-12(3)7-6-11(2)13(16)4/h6-7,14-15H,5,8-10,18H2,1-4H3,(H,19,20). The topological polar surface area (TPSA) is 63.3 Å². The minimum Gasteiger partial charge on any atom is -0.481 e. The molecule has 1 rings (SSSR count). The third kappa shape index (κ3) is 4.07. The van der Waals surface area contributed by atoms with E-state index in [9.17, 15) is 4.79 Å². The fourth-order valence-electron chi connectivity index (χ4n) is 2.71. The van der Waals surface area contributed by atoms with Crippen molar-refractivity contribution in [3.05, 3.63) is 34.4 Å². The molecular weight excluding hydrogens is 250 g/mol. The SMILES string of the molecule is CCC(Cc1c(C)ccc(C)c1C)CC(CN)C(=O)O. The number of aryl methyl sites for hydroxylation is 2. The Hall–Kier alpha value is -1.35. The molecule has 1 aromatic rings. The molecule has 0 aromatic heterocycles. The van der Waals surface area contributed by atoms with Crippen molar-refractivity contribution in [2.75, 3.05) is 6.54 Å². The summed E-state index contributed by atoms with van der Waals surface area (Å²) in [5, 5.41) is 9.16. The molecule has 0 bridgehead atoms. The first-order valence-electron chi connectivity index (χ1n) is 7.39. The van der Waals surface area contributed by atoms with Gasteiger partial charge in [-0.2, -0.15) is 0 Å². The Bertz CT molecular complexity index is 468. The van der Waals surface area contributed by atoms with E-state index in [2.05, 4.69) is 39.8 Å². The zero-order valence-corrected chi connectivity index (χ0v) is 13.1. The molecule has 0 spiro atoms. The first kappa shape index (κ1) is 16.7. The highest BCUT2D eigenvalue weighted by Crippen LogP contribution is 2.26. The third-order valence-electron chi connectivity index (χ3n) is 4.43. The van der Waals surface area contributed by atoms with Crippen LogP contribution in [0.2, 0.25) is 0 Å². The van der Waals surface area contributed by atoms with Gasteiger partial charge in [-0.1, -0.05) is 25.5 Å². The maximum Gasteiger partial charge on any atom is 0.307 e. The molecule has 1 aromatic carbocycles. The molecule has 0 amide bonds. The molecule has 0 radical (unpaired) electrons. The van der Waals surface area contributed by atoms with Crippen LogP contribution in [0.1, 0.15) is 42.0 Å². The second kappa shape index (κ2) is 7.44. The summed E-state index contributed by atoms with van der Waals surface area (Å²) >= 11 is 0. The van der Waals surface area contributed by atoms with E-state index in [1.807, 2.05) is 0 Å². The lowest BCUT2D eigenvalue weighted by Crippen LogP contribution is -2.26. The van der Waals surface area contributed by atoms with Gasteiger partial charge in [-0.05, 0) is 61.8 Å². The van der Waals surface area contributed by atoms with Gasteiger partial charge >= 0.3 is 5.97 Å². The summed E-state index contributed by atoms with van der Waals surface area (Å²) in [7, 11) is 0. The van der Waals surface area contributed by atoms with Gasteiger partial charge in [-0.15, -0.1) is 0 Å². The molecule has 3 nitrogen and oxygen atoms in total. The molecule has 0 heterocycles. The van der Waals surface area contributed by atoms with Gasteiger partial charge in [0.05, 0.1) is 5.92 Å². The maximum atomic E-state index is 11.1. The molecular formula is C17H27NO2. The summed E-state index contributed by atoms with van der Waals surface area (Å²) in [6, 6.07) is 4.30. The predicted molar refractivity (Wildman–Crippen MR) is 82.9 cm³/mol. The maximum absolute atomic E-state index is 11.1. The van der Waals surface area contributed by atoms with Gasteiger partial charge in [-0.3, -0.25) is 4.79 Å². The van der Waals surface area contributed by atoms with Gasteiger partial charge in [0.1, 0.15) is 0 Å². The molecule has 0 aliphatic heterocycles. The number of hydrogen-bond donors (Lipinski definition) is 2. The second-order valence-corrected chi connectivity index (χ2v) is 5.79. The lowest BCUT2D eigenvalue weighted by atomic mass is 9.84. The Labute approximate surface area is 122 Å². The van der Waals surface area contributed by atoms with E-state index in [4.69, 9.17) is 10.8 Å². The number of aliphatic carboxylic acids is 1. The van der Waals surface area contributed by atoms with Crippen LogP contribution >= 0.6 is 0 Å². The Kier molecular flexibility index (Phi) is 6.21. The zero-order valence-electron chi connectivity index (χ0n) is 13.1. The minimum atomic E-state index is -0.774. The van der Waals surface area contributed by atoms with Crippen molar-refractivity contribution < 1.29 is 9.90 Å². The molecule has 112 valence electrons. The van der Waals surface area contributed by atoms with E-state index < -0.39 is 11.9 Å². The van der Waals surface area contributed by atoms with Crippen LogP contribution in [0.4, 0.5) is 0 Å². The molecule has 3 N–H and O–H groups in total. The fourth-order valence-corrected chi connectivity index (χ4v) is 2.71. The van der Waals surface area contributed by atoms with Crippen LogP contribution in [0.15, 0.2) is 12.1 Å². The van der Waals surface area contributed by atoms with Crippen molar-refractivity contribution in [3.8, 4) is 0 Å². The van der Waals surface area contributed by atoms with Crippen molar-refractivity contribution in [1.82, 2.24) is 0 Å². The van der Waals surface area contributed by atoms with Crippen molar-refractivity contribution in [2.24, 2.45) is 17.6 Å². The summed E-state index contributed by atoms with van der Waals surface area (Å²) < 4.78 is 0. The van der Waals surface area contributed by atoms with Gasteiger partial charge in [0.25, 0.3) is 0 Å². The third-order valence-corrected chi connectivity index (χ3v) is 4.43. The van der Waals surface area contributed by atoms with Crippen LogP contribution in [-0.4, -0.2) is 17.6 Å². The first-order valence-corrected chi connectivity index (χ1v) is 7.39. The van der Waals surface area contributed by atoms with E-state index in [1.54, 1.807) is 0 Å². The van der Waals surface area contributed by atoms with Gasteiger partial charge in [0.2, 0.25) is 0 Å². The summed E-state index contributed by atoms with van der Waals surface area (Å²) in [4.78, 5) is 11.1. The van der Waals surface area contributed by atoms with Gasteiger partial charge < -0.3 is 10.8 Å². The number of carboxylic acids is 1. The summed E-state index contributed by atoms with van der Waals surface area (Å²) in [6.07, 6.45) is 2.59. The minimum absolute atomic E-state index is 0.220. The van der Waals surface area contributed by atoms with Gasteiger partial charge in [0, 0.05) is 6.54 Å². The van der Waals surface area contributed by atoms with E-state index in [-0.39, 0.29) is 6.54 Å². The van der Waals surface area contributed by atoms with Crippen LogP contribution < -0.4 is 5.73 Å². The average Bonchev–Trinajstić information content (AvgIpc) is 2.42. The highest BCUT2D eigenvalue weighted by molar-refractivity contribution is 5.70. The van der Waals surface area contributed by atoms with Crippen molar-refractivity contribution in [1.29, 1.82) is 0 Å². The largest absolute Gasteiger partial charge is 0.481 e. The van der Waals surface area contributed by atoms with Crippen LogP contribution in [0.5, 0.6) is 0 Å². The van der Waals surface area contributed by atoms with Crippen molar-refractivity contribution in [3.63, 3.8) is 0 Å². The molecule has 2 unspecified atom stereocenters. The van der Waals surface area contributed by atoms with Crippen molar-refractivity contribution in [2.45, 2.75) is 47.0 Å². The Balaban J connectivity index is 2.89. The normalized spacial score (nSPS) is 14.1. The second-order valence-electron chi connectivity index (χ2n) is 5.79.